The van der Waals surface area contributed by atoms with E-state index in [0.29, 0.717) is 5.92 Å². The van der Waals surface area contributed by atoms with Crippen molar-refractivity contribution in [1.82, 2.24) is 20.2 Å². The summed E-state index contributed by atoms with van der Waals surface area (Å²) in [6.07, 6.45) is 5.42. The molecule has 9 heteroatoms. The van der Waals surface area contributed by atoms with Crippen molar-refractivity contribution >= 4 is 17.6 Å². The molecule has 1 N–H and O–H groups in total. The van der Waals surface area contributed by atoms with Crippen LogP contribution in [0.2, 0.25) is 0 Å². The second kappa shape index (κ2) is 6.22. The summed E-state index contributed by atoms with van der Waals surface area (Å²) in [5.74, 6) is -0.517. The number of nitro groups is 1. The lowest BCUT2D eigenvalue weighted by molar-refractivity contribution is -0.394. The number of hydrogen-bond acceptors (Lipinski definition) is 6. The molecule has 1 unspecified atom stereocenters. The van der Waals surface area contributed by atoms with Crippen molar-refractivity contribution in [3.05, 3.63) is 16.4 Å². The average molecular weight is 280 g/mol. The molecule has 1 heterocycles. The summed E-state index contributed by atoms with van der Waals surface area (Å²) in [6, 6.07) is 0. The highest BCUT2D eigenvalue weighted by atomic mass is 16.6. The Labute approximate surface area is 115 Å². The summed E-state index contributed by atoms with van der Waals surface area (Å²) in [6.45, 7) is 1.94. The summed E-state index contributed by atoms with van der Waals surface area (Å²) in [4.78, 5) is 24.8. The van der Waals surface area contributed by atoms with Gasteiger partial charge in [0.2, 0.25) is 6.33 Å². The monoisotopic (exact) mass is 280 g/mol. The molecular weight excluding hydrogens is 264 g/mol. The number of nitrogens with one attached hydrogen (secondary N) is 1. The summed E-state index contributed by atoms with van der Waals surface area (Å²) in [5.41, 5.74) is 3.45. The van der Waals surface area contributed by atoms with Crippen LogP contribution < -0.4 is 5.43 Å². The highest BCUT2D eigenvalue weighted by Gasteiger charge is 2.17. The maximum absolute atomic E-state index is 11.7. The molecule has 108 valence electrons. The van der Waals surface area contributed by atoms with E-state index in [0.717, 1.165) is 36.0 Å². The predicted octanol–water partition coefficient (Wildman–Crippen LogP) is 0.869. The van der Waals surface area contributed by atoms with E-state index in [2.05, 4.69) is 27.5 Å². The second-order valence-corrected chi connectivity index (χ2v) is 4.78. The third-order valence-electron chi connectivity index (χ3n) is 3.21. The molecule has 0 spiro atoms. The summed E-state index contributed by atoms with van der Waals surface area (Å²) in [7, 11) is 0. The molecular formula is C11H16N6O3. The van der Waals surface area contributed by atoms with Gasteiger partial charge in [0.1, 0.15) is 6.54 Å². The van der Waals surface area contributed by atoms with E-state index in [-0.39, 0.29) is 12.5 Å². The molecule has 1 amide bonds. The Morgan fingerprint density at radius 3 is 3.10 bits per heavy atom. The lowest BCUT2D eigenvalue weighted by atomic mass is 9.89. The number of rotatable bonds is 4. The van der Waals surface area contributed by atoms with Crippen LogP contribution in [0.4, 0.5) is 5.95 Å². The van der Waals surface area contributed by atoms with E-state index in [4.69, 9.17) is 0 Å². The maximum atomic E-state index is 11.7. The van der Waals surface area contributed by atoms with Crippen molar-refractivity contribution in [3.63, 3.8) is 0 Å². The topological polar surface area (TPSA) is 115 Å². The van der Waals surface area contributed by atoms with Crippen LogP contribution in [-0.4, -0.2) is 31.3 Å². The third-order valence-corrected chi connectivity index (χ3v) is 3.21. The minimum Gasteiger partial charge on any atom is -0.390 e. The fourth-order valence-corrected chi connectivity index (χ4v) is 2.10. The van der Waals surface area contributed by atoms with Gasteiger partial charge in [0.15, 0.2) is 0 Å². The smallest absolute Gasteiger partial charge is 0.390 e. The van der Waals surface area contributed by atoms with Crippen LogP contribution in [0, 0.1) is 16.0 Å². The molecule has 1 aromatic rings. The lowest BCUT2D eigenvalue weighted by Gasteiger charge is -2.19. The molecule has 0 radical (unpaired) electrons. The standard InChI is InChI=1S/C11H16N6O3/c1-8-4-2-3-5-9(8)13-14-10(18)6-16-7-12-11(15-16)17(19)20/h7-8H,2-6H2,1H3,(H,14,18). The van der Waals surface area contributed by atoms with Gasteiger partial charge in [-0.25, -0.2) is 5.43 Å². The molecule has 1 fully saturated rings. The van der Waals surface area contributed by atoms with Gasteiger partial charge in [0.05, 0.1) is 0 Å². The normalized spacial score (nSPS) is 20.9. The van der Waals surface area contributed by atoms with Crippen molar-refractivity contribution in [2.75, 3.05) is 0 Å². The van der Waals surface area contributed by atoms with E-state index in [1.165, 1.54) is 6.42 Å². The molecule has 1 aromatic heterocycles. The van der Waals surface area contributed by atoms with Crippen LogP contribution in [0.5, 0.6) is 0 Å². The Morgan fingerprint density at radius 2 is 2.45 bits per heavy atom. The predicted molar refractivity (Wildman–Crippen MR) is 69.9 cm³/mol. The second-order valence-electron chi connectivity index (χ2n) is 4.78. The maximum Gasteiger partial charge on any atom is 0.490 e. The van der Waals surface area contributed by atoms with Crippen LogP contribution in [0.25, 0.3) is 0 Å². The van der Waals surface area contributed by atoms with Gasteiger partial charge in [0, 0.05) is 10.8 Å². The minimum atomic E-state index is -0.710. The van der Waals surface area contributed by atoms with Crippen molar-refractivity contribution in [2.24, 2.45) is 11.0 Å². The number of carbonyl (C=O) groups is 1. The van der Waals surface area contributed by atoms with Crippen LogP contribution in [0.3, 0.4) is 0 Å². The van der Waals surface area contributed by atoms with Gasteiger partial charge in [-0.2, -0.15) is 9.78 Å². The molecule has 1 aliphatic carbocycles. The van der Waals surface area contributed by atoms with Gasteiger partial charge >= 0.3 is 5.95 Å². The molecule has 0 bridgehead atoms. The van der Waals surface area contributed by atoms with Gasteiger partial charge in [-0.1, -0.05) is 18.3 Å². The first kappa shape index (κ1) is 14.1. The van der Waals surface area contributed by atoms with Crippen molar-refractivity contribution in [1.29, 1.82) is 0 Å². The fraction of sp³-hybridized carbons (Fsp3) is 0.636. The molecule has 0 aliphatic heterocycles. The lowest BCUT2D eigenvalue weighted by Crippen LogP contribution is -2.27. The highest BCUT2D eigenvalue weighted by molar-refractivity contribution is 5.88. The Bertz CT molecular complexity index is 538. The zero-order chi connectivity index (χ0) is 14.5. The van der Waals surface area contributed by atoms with E-state index in [1.54, 1.807) is 0 Å². The fourth-order valence-electron chi connectivity index (χ4n) is 2.10. The Balaban J connectivity index is 1.88. The summed E-state index contributed by atoms with van der Waals surface area (Å²) in [5, 5.41) is 18.1. The van der Waals surface area contributed by atoms with E-state index >= 15 is 0 Å². The van der Waals surface area contributed by atoms with Crippen molar-refractivity contribution < 1.29 is 9.72 Å². The van der Waals surface area contributed by atoms with E-state index < -0.39 is 10.9 Å². The molecule has 2 rings (SSSR count). The zero-order valence-electron chi connectivity index (χ0n) is 11.2. The molecule has 0 aromatic carbocycles. The van der Waals surface area contributed by atoms with Gasteiger partial charge in [0.25, 0.3) is 5.91 Å². The minimum absolute atomic E-state index is 0.147. The van der Waals surface area contributed by atoms with Crippen LogP contribution in [-0.2, 0) is 11.3 Å². The Kier molecular flexibility index (Phi) is 4.38. The van der Waals surface area contributed by atoms with Crippen molar-refractivity contribution in [3.8, 4) is 0 Å². The SMILES string of the molecule is CC1CCCCC1=NNC(=O)Cn1cnc([N+](=O)[O-])n1. The van der Waals surface area contributed by atoms with Gasteiger partial charge in [-0.05, 0) is 30.1 Å². The van der Waals surface area contributed by atoms with Crippen molar-refractivity contribution in [2.45, 2.75) is 39.2 Å². The number of carbonyl (C=O) groups excluding carboxylic acids is 1. The number of hydrazone groups is 1. The summed E-state index contributed by atoms with van der Waals surface area (Å²) < 4.78 is 1.11. The van der Waals surface area contributed by atoms with Crippen LogP contribution >= 0.6 is 0 Å². The third kappa shape index (κ3) is 3.59. The Morgan fingerprint density at radius 1 is 1.65 bits per heavy atom. The molecule has 20 heavy (non-hydrogen) atoms. The van der Waals surface area contributed by atoms with Crippen LogP contribution in [0.1, 0.15) is 32.6 Å². The average Bonchev–Trinajstić information content (AvgIpc) is 2.86. The summed E-state index contributed by atoms with van der Waals surface area (Å²) >= 11 is 0. The molecule has 1 saturated carbocycles. The molecule has 9 nitrogen and oxygen atoms in total. The zero-order valence-corrected chi connectivity index (χ0v) is 11.2. The van der Waals surface area contributed by atoms with E-state index in [1.807, 2.05) is 0 Å². The number of nitrogens with zero attached hydrogens (tertiary/aromatic N) is 5. The first-order chi connectivity index (χ1) is 9.56. The van der Waals surface area contributed by atoms with Gasteiger partial charge in [-0.15, -0.1) is 0 Å². The van der Waals surface area contributed by atoms with Crippen LogP contribution in [0.15, 0.2) is 11.4 Å². The molecule has 1 aliphatic rings. The molecule has 1 atom stereocenters. The molecule has 0 saturated heterocycles. The highest BCUT2D eigenvalue weighted by Crippen LogP contribution is 2.20. The largest absolute Gasteiger partial charge is 0.490 e. The first-order valence-corrected chi connectivity index (χ1v) is 6.45. The number of hydrogen-bond donors (Lipinski definition) is 1. The first-order valence-electron chi connectivity index (χ1n) is 6.45. The van der Waals surface area contributed by atoms with Gasteiger partial charge < -0.3 is 10.1 Å². The number of aromatic nitrogens is 3. The van der Waals surface area contributed by atoms with E-state index in [9.17, 15) is 14.9 Å². The Hall–Kier alpha value is -2.32. The van der Waals surface area contributed by atoms with Gasteiger partial charge in [-0.3, -0.25) is 4.79 Å². The quantitative estimate of drug-likeness (QED) is 0.649. The number of amides is 1.